The summed E-state index contributed by atoms with van der Waals surface area (Å²) in [6.07, 6.45) is 6.68. The topological polar surface area (TPSA) is 103 Å². The molecule has 1 aromatic carbocycles. The van der Waals surface area contributed by atoms with Crippen molar-refractivity contribution < 1.29 is 4.79 Å². The quantitative estimate of drug-likeness (QED) is 0.410. The Hall–Kier alpha value is -3.08. The number of benzene rings is 1. The third kappa shape index (κ3) is 4.50. The molecule has 3 aliphatic rings. The lowest BCUT2D eigenvalue weighted by molar-refractivity contribution is -0.119. The first-order valence-corrected chi connectivity index (χ1v) is 11.0. The van der Waals surface area contributed by atoms with E-state index in [1.54, 1.807) is 18.1 Å². The molecule has 0 saturated carbocycles. The number of aromatic nitrogens is 2. The predicted octanol–water partition coefficient (Wildman–Crippen LogP) is 2.52. The van der Waals surface area contributed by atoms with Crippen LogP contribution in [0.1, 0.15) is 12.1 Å². The number of fused-ring (bicyclic) bond motifs is 1. The third-order valence-electron chi connectivity index (χ3n) is 5.28. The zero-order valence-corrected chi connectivity index (χ0v) is 17.9. The van der Waals surface area contributed by atoms with Gasteiger partial charge in [-0.2, -0.15) is 10.1 Å². The summed E-state index contributed by atoms with van der Waals surface area (Å²) >= 11 is 1.62. The largest absolute Gasteiger partial charge is 0.326 e. The van der Waals surface area contributed by atoms with E-state index in [0.29, 0.717) is 6.54 Å². The summed E-state index contributed by atoms with van der Waals surface area (Å²) in [5.41, 5.74) is 1.81. The molecule has 159 valence electrons. The molecule has 0 bridgehead atoms. The Kier molecular flexibility index (Phi) is 5.49. The van der Waals surface area contributed by atoms with Crippen LogP contribution in [-0.4, -0.2) is 45.9 Å². The number of rotatable bonds is 6. The van der Waals surface area contributed by atoms with Gasteiger partial charge in [-0.25, -0.2) is 0 Å². The Labute approximate surface area is 184 Å². The molecule has 1 aromatic heterocycles. The summed E-state index contributed by atoms with van der Waals surface area (Å²) in [4.78, 5) is 19.9. The lowest BCUT2D eigenvalue weighted by Crippen LogP contribution is -2.42. The molecule has 1 atom stereocenters. The molecule has 0 aliphatic carbocycles. The van der Waals surface area contributed by atoms with Gasteiger partial charge in [-0.15, -0.1) is 0 Å². The van der Waals surface area contributed by atoms with Crippen LogP contribution in [0.2, 0.25) is 0 Å². The fourth-order valence-corrected chi connectivity index (χ4v) is 4.54. The minimum atomic E-state index is 0.0560. The predicted molar refractivity (Wildman–Crippen MR) is 122 cm³/mol. The lowest BCUT2D eigenvalue weighted by Gasteiger charge is -2.24. The van der Waals surface area contributed by atoms with Crippen molar-refractivity contribution in [2.24, 2.45) is 10.9 Å². The number of hydrogen-bond donors (Lipinski definition) is 4. The number of amides is 1. The highest BCUT2D eigenvalue weighted by atomic mass is 32.2. The first-order chi connectivity index (χ1) is 15.1. The van der Waals surface area contributed by atoms with Gasteiger partial charge in [-0.1, -0.05) is 0 Å². The van der Waals surface area contributed by atoms with Crippen LogP contribution in [0.25, 0.3) is 0 Å². The molecule has 1 amide bonds. The summed E-state index contributed by atoms with van der Waals surface area (Å²) in [5, 5.41) is 16.8. The smallest absolute Gasteiger partial charge is 0.285 e. The Morgan fingerprint density at radius 2 is 2.19 bits per heavy atom. The van der Waals surface area contributed by atoms with E-state index in [-0.39, 0.29) is 11.8 Å². The first-order valence-electron chi connectivity index (χ1n) is 10.2. The maximum Gasteiger partial charge on any atom is 0.285 e. The molecular weight excluding hydrogens is 412 g/mol. The standard InChI is InChI=1S/C21H24N8OS/c1-14-10-18(27-26-14)25-20-13-28(12-19-23-8-9-29(19)20)31-17-4-2-16(3-5-17)24-21(30)15-6-7-22-11-15/h2-5,8-10,13,15,22H,6-7,11-12H2,1H3,(H,24,30)(H2,25,26,27)/q+1. The van der Waals surface area contributed by atoms with Crippen LogP contribution in [0.4, 0.5) is 11.5 Å². The monoisotopic (exact) mass is 436 g/mol. The van der Waals surface area contributed by atoms with Crippen molar-refractivity contribution in [2.45, 2.75) is 18.2 Å². The second-order valence-corrected chi connectivity index (χ2v) is 8.78. The summed E-state index contributed by atoms with van der Waals surface area (Å²) in [5.74, 6) is 2.72. The van der Waals surface area contributed by atoms with Crippen LogP contribution in [0.5, 0.6) is 0 Å². The number of nitrogens with zero attached hydrogens (tertiary/aromatic N) is 4. The Morgan fingerprint density at radius 1 is 1.32 bits per heavy atom. The number of H-pyrrole nitrogens is 1. The zero-order chi connectivity index (χ0) is 21.2. The number of hydrogen-bond acceptors (Lipinski definition) is 8. The molecule has 4 N–H and O–H groups in total. The van der Waals surface area contributed by atoms with E-state index >= 15 is 0 Å². The Balaban J connectivity index is 1.26. The number of carbonyl (C=O) groups is 1. The van der Waals surface area contributed by atoms with E-state index in [1.165, 1.54) is 0 Å². The third-order valence-corrected chi connectivity index (χ3v) is 6.23. The fraction of sp³-hybridized carbons (Fsp3) is 0.286. The van der Waals surface area contributed by atoms with Crippen molar-refractivity contribution in [3.8, 4) is 0 Å². The summed E-state index contributed by atoms with van der Waals surface area (Å²) in [7, 11) is 0. The van der Waals surface area contributed by atoms with Gasteiger partial charge in [0, 0.05) is 28.9 Å². The van der Waals surface area contributed by atoms with Crippen LogP contribution >= 0.6 is 11.9 Å². The van der Waals surface area contributed by atoms with E-state index in [9.17, 15) is 4.79 Å². The highest BCUT2D eigenvalue weighted by Crippen LogP contribution is 2.29. The van der Waals surface area contributed by atoms with E-state index in [1.807, 2.05) is 54.6 Å². The Morgan fingerprint density at radius 3 is 2.94 bits per heavy atom. The molecule has 9 nitrogen and oxygen atoms in total. The van der Waals surface area contributed by atoms with Crippen molar-refractivity contribution in [3.05, 3.63) is 60.4 Å². The number of aliphatic imine (C=N–C) groups is 1. The van der Waals surface area contributed by atoms with Crippen molar-refractivity contribution in [1.82, 2.24) is 24.7 Å². The molecule has 1 radical (unpaired) electrons. The van der Waals surface area contributed by atoms with Gasteiger partial charge in [-0.3, -0.25) is 19.5 Å². The average molecular weight is 437 g/mol. The van der Waals surface area contributed by atoms with E-state index < -0.39 is 0 Å². The summed E-state index contributed by atoms with van der Waals surface area (Å²) < 4.78 is 2.13. The number of anilines is 2. The molecule has 10 heteroatoms. The van der Waals surface area contributed by atoms with Gasteiger partial charge < -0.3 is 10.6 Å². The number of aromatic amines is 1. The van der Waals surface area contributed by atoms with Gasteiger partial charge >= 0.3 is 0 Å². The van der Waals surface area contributed by atoms with Crippen LogP contribution in [-0.2, 0) is 4.79 Å². The van der Waals surface area contributed by atoms with E-state index in [4.69, 9.17) is 0 Å². The van der Waals surface area contributed by atoms with E-state index in [0.717, 1.165) is 53.3 Å². The average Bonchev–Trinajstić information content (AvgIpc) is 3.51. The van der Waals surface area contributed by atoms with E-state index in [2.05, 4.69) is 35.4 Å². The van der Waals surface area contributed by atoms with Crippen molar-refractivity contribution >= 4 is 35.2 Å². The number of nitrogens with one attached hydrogen (secondary N) is 4. The summed E-state index contributed by atoms with van der Waals surface area (Å²) in [6, 6.07) is 9.89. The molecule has 5 rings (SSSR count). The molecular formula is C21H24N8OS+. The fourth-order valence-electron chi connectivity index (χ4n) is 3.68. The van der Waals surface area contributed by atoms with Crippen LogP contribution in [0, 0.1) is 12.8 Å². The van der Waals surface area contributed by atoms with Crippen molar-refractivity contribution in [2.75, 3.05) is 30.3 Å². The van der Waals surface area contributed by atoms with Crippen molar-refractivity contribution in [1.29, 1.82) is 0 Å². The SMILES string of the molecule is Cc1cc(NC2=CN(Sc3ccc(NC(=O)C4CCNC4)cc3)CC3=NC=C[N+]23)n[nH]1. The highest BCUT2D eigenvalue weighted by Gasteiger charge is 2.37. The molecule has 31 heavy (non-hydrogen) atoms. The summed E-state index contributed by atoms with van der Waals surface area (Å²) in [6.45, 7) is 4.31. The lowest BCUT2D eigenvalue weighted by atomic mass is 10.1. The normalized spacial score (nSPS) is 20.4. The van der Waals surface area contributed by atoms with Crippen LogP contribution < -0.4 is 20.9 Å². The Bertz CT molecular complexity index is 1050. The molecule has 4 heterocycles. The molecule has 1 saturated heterocycles. The number of aryl methyl sites for hydroxylation is 1. The second kappa shape index (κ2) is 8.58. The maximum absolute atomic E-state index is 12.3. The van der Waals surface area contributed by atoms with Crippen LogP contribution in [0.15, 0.2) is 64.6 Å². The highest BCUT2D eigenvalue weighted by molar-refractivity contribution is 7.97. The maximum atomic E-state index is 12.3. The number of amidine groups is 1. The molecule has 1 fully saturated rings. The van der Waals surface area contributed by atoms with Gasteiger partial charge in [-0.05, 0) is 61.0 Å². The van der Waals surface area contributed by atoms with Gasteiger partial charge in [0.1, 0.15) is 6.54 Å². The second-order valence-electron chi connectivity index (χ2n) is 7.66. The van der Waals surface area contributed by atoms with Crippen molar-refractivity contribution in [3.63, 3.8) is 0 Å². The molecule has 1 unspecified atom stereocenters. The van der Waals surface area contributed by atoms with Gasteiger partial charge in [0.15, 0.2) is 12.0 Å². The zero-order valence-electron chi connectivity index (χ0n) is 17.1. The van der Waals surface area contributed by atoms with Gasteiger partial charge in [0.2, 0.25) is 5.91 Å². The minimum absolute atomic E-state index is 0.0560. The molecule has 2 aromatic rings. The molecule has 3 aliphatic heterocycles. The minimum Gasteiger partial charge on any atom is -0.326 e. The van der Waals surface area contributed by atoms with Gasteiger partial charge in [0.05, 0.1) is 18.3 Å². The first kappa shape index (κ1) is 19.9. The van der Waals surface area contributed by atoms with Gasteiger partial charge in [0.25, 0.3) is 11.7 Å². The number of carbonyl (C=O) groups excluding carboxylic acids is 1. The van der Waals surface area contributed by atoms with Crippen LogP contribution in [0.3, 0.4) is 0 Å². The molecule has 0 spiro atoms.